The van der Waals surface area contributed by atoms with Crippen LogP contribution in [0.2, 0.25) is 0 Å². The molecule has 0 aromatic carbocycles. The number of carbonyl (C=O) groups excluding carboxylic acids is 1. The minimum absolute atomic E-state index is 0.0382. The first-order valence-electron chi connectivity index (χ1n) is 7.64. The zero-order chi connectivity index (χ0) is 15.5. The SMILES string of the molecule is CN(C)CCN1CCN(C(=O)C2(C(N)=NO)CCC2)CC1. The first-order chi connectivity index (χ1) is 9.99. The van der Waals surface area contributed by atoms with Gasteiger partial charge in [-0.2, -0.15) is 0 Å². The van der Waals surface area contributed by atoms with Gasteiger partial charge in [0.25, 0.3) is 0 Å². The third-order valence-electron chi connectivity index (χ3n) is 4.74. The number of nitrogens with two attached hydrogens (primary N) is 1. The largest absolute Gasteiger partial charge is 0.409 e. The number of rotatable bonds is 5. The van der Waals surface area contributed by atoms with Gasteiger partial charge in [-0.05, 0) is 26.9 Å². The molecule has 0 spiro atoms. The molecule has 7 nitrogen and oxygen atoms in total. The summed E-state index contributed by atoms with van der Waals surface area (Å²) in [6.45, 7) is 5.31. The van der Waals surface area contributed by atoms with E-state index in [9.17, 15) is 4.79 Å². The van der Waals surface area contributed by atoms with E-state index in [4.69, 9.17) is 10.9 Å². The van der Waals surface area contributed by atoms with Crippen molar-refractivity contribution < 1.29 is 10.0 Å². The number of hydrogen-bond acceptors (Lipinski definition) is 5. The first kappa shape index (κ1) is 16.0. The molecule has 1 amide bonds. The maximum absolute atomic E-state index is 12.7. The van der Waals surface area contributed by atoms with Crippen molar-refractivity contribution in [3.63, 3.8) is 0 Å². The molecular formula is C14H27N5O2. The summed E-state index contributed by atoms with van der Waals surface area (Å²) >= 11 is 0. The number of nitrogens with zero attached hydrogens (tertiary/aromatic N) is 4. The lowest BCUT2D eigenvalue weighted by molar-refractivity contribution is -0.144. The monoisotopic (exact) mass is 297 g/mol. The Labute approximate surface area is 126 Å². The Hall–Kier alpha value is -1.34. The Morgan fingerprint density at radius 1 is 1.29 bits per heavy atom. The highest BCUT2D eigenvalue weighted by atomic mass is 16.4. The first-order valence-corrected chi connectivity index (χ1v) is 7.64. The van der Waals surface area contributed by atoms with Crippen LogP contribution < -0.4 is 5.73 Å². The van der Waals surface area contributed by atoms with Crippen LogP contribution in [0.15, 0.2) is 5.16 Å². The second kappa shape index (κ2) is 6.62. The van der Waals surface area contributed by atoms with E-state index in [1.165, 1.54) is 0 Å². The van der Waals surface area contributed by atoms with Crippen LogP contribution >= 0.6 is 0 Å². The number of amidine groups is 1. The molecule has 7 heteroatoms. The summed E-state index contributed by atoms with van der Waals surface area (Å²) in [7, 11) is 4.13. The van der Waals surface area contributed by atoms with Gasteiger partial charge in [0.15, 0.2) is 5.84 Å². The van der Waals surface area contributed by atoms with Crippen molar-refractivity contribution in [3.05, 3.63) is 0 Å². The average molecular weight is 297 g/mol. The lowest BCUT2D eigenvalue weighted by Gasteiger charge is -2.44. The third kappa shape index (κ3) is 3.29. The van der Waals surface area contributed by atoms with E-state index in [2.05, 4.69) is 29.1 Å². The summed E-state index contributed by atoms with van der Waals surface area (Å²) in [5, 5.41) is 12.0. The third-order valence-corrected chi connectivity index (χ3v) is 4.74. The second-order valence-corrected chi connectivity index (χ2v) is 6.36. The summed E-state index contributed by atoms with van der Waals surface area (Å²) in [6.07, 6.45) is 2.36. The number of piperazine rings is 1. The van der Waals surface area contributed by atoms with Crippen LogP contribution in [0.4, 0.5) is 0 Å². The molecule has 0 unspecified atom stereocenters. The molecule has 2 rings (SSSR count). The van der Waals surface area contributed by atoms with E-state index < -0.39 is 5.41 Å². The van der Waals surface area contributed by atoms with Crippen LogP contribution in [-0.4, -0.2) is 85.0 Å². The average Bonchev–Trinajstić information content (AvgIpc) is 2.44. The Kier molecular flexibility index (Phi) is 5.05. The van der Waals surface area contributed by atoms with Crippen molar-refractivity contribution in [1.29, 1.82) is 0 Å². The molecule has 1 heterocycles. The van der Waals surface area contributed by atoms with Crippen molar-refractivity contribution in [3.8, 4) is 0 Å². The van der Waals surface area contributed by atoms with Crippen molar-refractivity contribution >= 4 is 11.7 Å². The van der Waals surface area contributed by atoms with Gasteiger partial charge in [0.2, 0.25) is 5.91 Å². The number of oxime groups is 1. The minimum Gasteiger partial charge on any atom is -0.409 e. The number of carbonyl (C=O) groups is 1. The maximum Gasteiger partial charge on any atom is 0.236 e. The zero-order valence-electron chi connectivity index (χ0n) is 13.1. The van der Waals surface area contributed by atoms with E-state index in [0.29, 0.717) is 12.8 Å². The number of amides is 1. The Balaban J connectivity index is 1.88. The molecule has 0 aromatic rings. The molecule has 0 atom stereocenters. The molecule has 120 valence electrons. The molecule has 1 saturated heterocycles. The highest BCUT2D eigenvalue weighted by Crippen LogP contribution is 2.42. The highest BCUT2D eigenvalue weighted by Gasteiger charge is 2.50. The Morgan fingerprint density at radius 3 is 2.33 bits per heavy atom. The number of likely N-dealkylation sites (N-methyl/N-ethyl adjacent to an activating group) is 1. The van der Waals surface area contributed by atoms with E-state index in [1.54, 1.807) is 0 Å². The van der Waals surface area contributed by atoms with E-state index >= 15 is 0 Å². The molecule has 0 aromatic heterocycles. The molecule has 1 saturated carbocycles. The molecule has 0 bridgehead atoms. The summed E-state index contributed by atoms with van der Waals surface area (Å²) in [5.41, 5.74) is 5.03. The summed E-state index contributed by atoms with van der Waals surface area (Å²) in [6, 6.07) is 0. The van der Waals surface area contributed by atoms with Gasteiger partial charge >= 0.3 is 0 Å². The fraction of sp³-hybridized carbons (Fsp3) is 0.857. The summed E-state index contributed by atoms with van der Waals surface area (Å²) in [4.78, 5) is 19.1. The molecule has 0 radical (unpaired) electrons. The van der Waals surface area contributed by atoms with Gasteiger partial charge in [-0.3, -0.25) is 9.69 Å². The van der Waals surface area contributed by atoms with Crippen molar-refractivity contribution in [2.24, 2.45) is 16.3 Å². The molecule has 1 aliphatic carbocycles. The Bertz CT molecular complexity index is 398. The lowest BCUT2D eigenvalue weighted by Crippen LogP contribution is -2.59. The van der Waals surface area contributed by atoms with Crippen LogP contribution in [-0.2, 0) is 4.79 Å². The normalized spacial score (nSPS) is 23.2. The number of hydrogen-bond donors (Lipinski definition) is 2. The highest BCUT2D eigenvalue weighted by molar-refractivity contribution is 6.07. The summed E-state index contributed by atoms with van der Waals surface area (Å²) in [5.74, 6) is 0.116. The molecule has 2 fully saturated rings. The van der Waals surface area contributed by atoms with Crippen LogP contribution in [0.3, 0.4) is 0 Å². The maximum atomic E-state index is 12.7. The Morgan fingerprint density at radius 2 is 1.90 bits per heavy atom. The van der Waals surface area contributed by atoms with E-state index in [0.717, 1.165) is 45.7 Å². The smallest absolute Gasteiger partial charge is 0.236 e. The van der Waals surface area contributed by atoms with Crippen molar-refractivity contribution in [1.82, 2.24) is 14.7 Å². The van der Waals surface area contributed by atoms with Crippen LogP contribution in [0.1, 0.15) is 19.3 Å². The van der Waals surface area contributed by atoms with Gasteiger partial charge in [-0.25, -0.2) is 0 Å². The van der Waals surface area contributed by atoms with Gasteiger partial charge in [0.1, 0.15) is 5.41 Å². The topological polar surface area (TPSA) is 85.4 Å². The van der Waals surface area contributed by atoms with Crippen LogP contribution in [0.25, 0.3) is 0 Å². The quantitative estimate of drug-likeness (QED) is 0.312. The van der Waals surface area contributed by atoms with Gasteiger partial charge in [0, 0.05) is 39.3 Å². The fourth-order valence-corrected chi connectivity index (χ4v) is 3.02. The molecular weight excluding hydrogens is 270 g/mol. The van der Waals surface area contributed by atoms with Crippen LogP contribution in [0, 0.1) is 5.41 Å². The minimum atomic E-state index is -0.736. The van der Waals surface area contributed by atoms with Gasteiger partial charge < -0.3 is 20.7 Å². The van der Waals surface area contributed by atoms with Crippen molar-refractivity contribution in [2.75, 3.05) is 53.4 Å². The van der Waals surface area contributed by atoms with E-state index in [1.807, 2.05) is 4.90 Å². The molecule has 3 N–H and O–H groups in total. The van der Waals surface area contributed by atoms with Gasteiger partial charge in [0.05, 0.1) is 0 Å². The predicted octanol–water partition coefficient (Wildman–Crippen LogP) is -0.391. The predicted molar refractivity (Wildman–Crippen MR) is 81.3 cm³/mol. The van der Waals surface area contributed by atoms with Crippen LogP contribution in [0.5, 0.6) is 0 Å². The molecule has 21 heavy (non-hydrogen) atoms. The van der Waals surface area contributed by atoms with Crippen molar-refractivity contribution in [2.45, 2.75) is 19.3 Å². The summed E-state index contributed by atoms with van der Waals surface area (Å²) < 4.78 is 0. The standard InChI is InChI=1S/C14H27N5O2/c1-17(2)6-7-18-8-10-19(11-9-18)13(20)14(4-3-5-14)12(15)16-21/h21H,3-11H2,1-2H3,(H2,15,16). The second-order valence-electron chi connectivity index (χ2n) is 6.36. The van der Waals surface area contributed by atoms with E-state index in [-0.39, 0.29) is 11.7 Å². The zero-order valence-corrected chi connectivity index (χ0v) is 13.1. The molecule has 1 aliphatic heterocycles. The lowest BCUT2D eigenvalue weighted by atomic mass is 9.66. The van der Waals surface area contributed by atoms with Gasteiger partial charge in [-0.1, -0.05) is 11.6 Å². The van der Waals surface area contributed by atoms with Gasteiger partial charge in [-0.15, -0.1) is 0 Å². The molecule has 2 aliphatic rings. The fourth-order valence-electron chi connectivity index (χ4n) is 3.02.